The highest BCUT2D eigenvalue weighted by Crippen LogP contribution is 2.20. The highest BCUT2D eigenvalue weighted by molar-refractivity contribution is 5.95. The summed E-state index contributed by atoms with van der Waals surface area (Å²) in [4.78, 5) is 25.8. The molecule has 0 spiro atoms. The second-order valence-electron chi connectivity index (χ2n) is 6.39. The van der Waals surface area contributed by atoms with Crippen molar-refractivity contribution in [2.75, 3.05) is 13.7 Å². The van der Waals surface area contributed by atoms with Crippen LogP contribution in [0.3, 0.4) is 0 Å². The molecule has 140 valence electrons. The molecule has 1 aliphatic rings. The highest BCUT2D eigenvalue weighted by atomic mass is 16.5. The van der Waals surface area contributed by atoms with E-state index in [1.807, 2.05) is 54.6 Å². The number of rotatable bonds is 6. The Kier molecular flexibility index (Phi) is 6.26. The van der Waals surface area contributed by atoms with Crippen LogP contribution >= 0.6 is 0 Å². The largest absolute Gasteiger partial charge is 0.489 e. The van der Waals surface area contributed by atoms with Gasteiger partial charge in [-0.1, -0.05) is 42.5 Å². The summed E-state index contributed by atoms with van der Waals surface area (Å²) in [7, 11) is 1.35. The Labute approximate surface area is 159 Å². The lowest BCUT2D eigenvalue weighted by molar-refractivity contribution is -0.149. The Balaban J connectivity index is 1.61. The van der Waals surface area contributed by atoms with Crippen molar-refractivity contribution >= 4 is 18.0 Å². The molecule has 0 aromatic heterocycles. The molecule has 1 aliphatic heterocycles. The predicted molar refractivity (Wildman–Crippen MR) is 103 cm³/mol. The Morgan fingerprint density at radius 1 is 1.15 bits per heavy atom. The number of hydrogen-bond acceptors (Lipinski definition) is 4. The van der Waals surface area contributed by atoms with Gasteiger partial charge in [-0.2, -0.15) is 0 Å². The molecule has 1 unspecified atom stereocenters. The van der Waals surface area contributed by atoms with Crippen LogP contribution in [0.4, 0.5) is 0 Å². The van der Waals surface area contributed by atoms with E-state index in [2.05, 4.69) is 0 Å². The van der Waals surface area contributed by atoms with Gasteiger partial charge in [-0.25, -0.2) is 4.79 Å². The fraction of sp³-hybridized carbons (Fsp3) is 0.273. The summed E-state index contributed by atoms with van der Waals surface area (Å²) < 4.78 is 10.6. The number of hydrogen-bond donors (Lipinski definition) is 0. The molecule has 5 heteroatoms. The molecule has 0 radical (unpaired) electrons. The van der Waals surface area contributed by atoms with Gasteiger partial charge in [0.2, 0.25) is 5.91 Å². The van der Waals surface area contributed by atoms with Crippen LogP contribution in [-0.4, -0.2) is 36.5 Å². The number of carbonyl (C=O) groups excluding carboxylic acids is 2. The number of likely N-dealkylation sites (tertiary alicyclic amines) is 1. The van der Waals surface area contributed by atoms with Crippen molar-refractivity contribution < 1.29 is 19.1 Å². The Bertz CT molecular complexity index is 816. The number of nitrogens with zero attached hydrogens (tertiary/aromatic N) is 1. The van der Waals surface area contributed by atoms with E-state index < -0.39 is 6.04 Å². The number of benzene rings is 2. The van der Waals surface area contributed by atoms with E-state index in [1.54, 1.807) is 11.0 Å². The third kappa shape index (κ3) is 4.97. The summed E-state index contributed by atoms with van der Waals surface area (Å²) in [5, 5.41) is 0. The van der Waals surface area contributed by atoms with Crippen LogP contribution in [0.15, 0.2) is 60.7 Å². The van der Waals surface area contributed by atoms with Crippen LogP contribution in [0.1, 0.15) is 24.0 Å². The van der Waals surface area contributed by atoms with E-state index in [-0.39, 0.29) is 11.9 Å². The molecular formula is C22H23NO4. The van der Waals surface area contributed by atoms with E-state index in [0.29, 0.717) is 19.6 Å². The van der Waals surface area contributed by atoms with Crippen LogP contribution in [-0.2, 0) is 20.9 Å². The molecule has 0 aliphatic carbocycles. The SMILES string of the molecule is COC(=O)C1CCCN1C(=O)/C=C/c1cccc(OCc2ccccc2)c1. The van der Waals surface area contributed by atoms with Gasteiger partial charge < -0.3 is 14.4 Å². The van der Waals surface area contributed by atoms with Crippen molar-refractivity contribution in [2.45, 2.75) is 25.5 Å². The van der Waals surface area contributed by atoms with Gasteiger partial charge in [-0.15, -0.1) is 0 Å². The Hall–Kier alpha value is -3.08. The molecule has 1 amide bonds. The van der Waals surface area contributed by atoms with Gasteiger partial charge in [0.05, 0.1) is 7.11 Å². The number of carbonyl (C=O) groups is 2. The van der Waals surface area contributed by atoms with E-state index in [0.717, 1.165) is 23.3 Å². The summed E-state index contributed by atoms with van der Waals surface area (Å²) in [6.07, 6.45) is 4.69. The van der Waals surface area contributed by atoms with Crippen LogP contribution in [0.25, 0.3) is 6.08 Å². The highest BCUT2D eigenvalue weighted by Gasteiger charge is 2.33. The molecule has 0 N–H and O–H groups in total. The molecule has 0 saturated carbocycles. The van der Waals surface area contributed by atoms with Crippen molar-refractivity contribution in [1.29, 1.82) is 0 Å². The van der Waals surface area contributed by atoms with Gasteiger partial charge in [0, 0.05) is 12.6 Å². The summed E-state index contributed by atoms with van der Waals surface area (Å²) in [5.74, 6) is 0.200. The molecule has 0 bridgehead atoms. The van der Waals surface area contributed by atoms with Crippen molar-refractivity contribution in [3.8, 4) is 5.75 Å². The first-order chi connectivity index (χ1) is 13.2. The number of ether oxygens (including phenoxy) is 2. The molecule has 27 heavy (non-hydrogen) atoms. The van der Waals surface area contributed by atoms with Crippen LogP contribution in [0.5, 0.6) is 5.75 Å². The second-order valence-corrected chi connectivity index (χ2v) is 6.39. The zero-order valence-electron chi connectivity index (χ0n) is 15.3. The van der Waals surface area contributed by atoms with Crippen LogP contribution < -0.4 is 4.74 Å². The van der Waals surface area contributed by atoms with Gasteiger partial charge in [0.25, 0.3) is 0 Å². The molecule has 1 saturated heterocycles. The summed E-state index contributed by atoms with van der Waals surface area (Å²) >= 11 is 0. The summed E-state index contributed by atoms with van der Waals surface area (Å²) in [6.45, 7) is 1.06. The number of methoxy groups -OCH3 is 1. The third-order valence-electron chi connectivity index (χ3n) is 4.53. The molecule has 2 aromatic rings. The monoisotopic (exact) mass is 365 g/mol. The molecule has 3 rings (SSSR count). The Morgan fingerprint density at radius 3 is 2.74 bits per heavy atom. The van der Waals surface area contributed by atoms with Gasteiger partial charge in [0.1, 0.15) is 18.4 Å². The smallest absolute Gasteiger partial charge is 0.328 e. The van der Waals surface area contributed by atoms with Gasteiger partial charge in [-0.05, 0) is 42.2 Å². The van der Waals surface area contributed by atoms with E-state index in [4.69, 9.17) is 9.47 Å². The minimum atomic E-state index is -0.479. The average Bonchev–Trinajstić information content (AvgIpc) is 3.21. The minimum absolute atomic E-state index is 0.182. The predicted octanol–water partition coefficient (Wildman–Crippen LogP) is 3.44. The maximum absolute atomic E-state index is 12.4. The van der Waals surface area contributed by atoms with Crippen molar-refractivity contribution in [1.82, 2.24) is 4.90 Å². The summed E-state index contributed by atoms with van der Waals surface area (Å²) in [5.41, 5.74) is 1.96. The van der Waals surface area contributed by atoms with E-state index in [9.17, 15) is 9.59 Å². The Morgan fingerprint density at radius 2 is 1.96 bits per heavy atom. The molecule has 5 nitrogen and oxygen atoms in total. The molecule has 1 fully saturated rings. The van der Waals surface area contributed by atoms with Gasteiger partial charge >= 0.3 is 5.97 Å². The quantitative estimate of drug-likeness (QED) is 0.581. The molecule has 2 aromatic carbocycles. The lowest BCUT2D eigenvalue weighted by atomic mass is 10.2. The fourth-order valence-corrected chi connectivity index (χ4v) is 3.12. The van der Waals surface area contributed by atoms with Crippen LogP contribution in [0.2, 0.25) is 0 Å². The first kappa shape index (κ1) is 18.7. The van der Waals surface area contributed by atoms with Gasteiger partial charge in [0.15, 0.2) is 0 Å². The zero-order chi connectivity index (χ0) is 19.1. The fourth-order valence-electron chi connectivity index (χ4n) is 3.12. The lowest BCUT2D eigenvalue weighted by Crippen LogP contribution is -2.40. The lowest BCUT2D eigenvalue weighted by Gasteiger charge is -2.20. The van der Waals surface area contributed by atoms with E-state index in [1.165, 1.54) is 13.2 Å². The van der Waals surface area contributed by atoms with E-state index >= 15 is 0 Å². The molecular weight excluding hydrogens is 342 g/mol. The normalized spacial score (nSPS) is 16.5. The molecule has 1 atom stereocenters. The minimum Gasteiger partial charge on any atom is -0.489 e. The summed E-state index contributed by atoms with van der Waals surface area (Å²) in [6, 6.07) is 17.0. The maximum atomic E-state index is 12.4. The molecule has 1 heterocycles. The number of amides is 1. The average molecular weight is 365 g/mol. The van der Waals surface area contributed by atoms with Gasteiger partial charge in [-0.3, -0.25) is 4.79 Å². The van der Waals surface area contributed by atoms with Crippen molar-refractivity contribution in [2.24, 2.45) is 0 Å². The van der Waals surface area contributed by atoms with Crippen molar-refractivity contribution in [3.05, 3.63) is 71.8 Å². The first-order valence-electron chi connectivity index (χ1n) is 9.00. The van der Waals surface area contributed by atoms with Crippen LogP contribution in [0, 0.1) is 0 Å². The maximum Gasteiger partial charge on any atom is 0.328 e. The number of esters is 1. The third-order valence-corrected chi connectivity index (χ3v) is 4.53. The standard InChI is InChI=1S/C22H23NO4/c1-26-22(25)20-11-6-14-23(20)21(24)13-12-17-9-5-10-19(15-17)27-16-18-7-3-2-4-8-18/h2-5,7-10,12-13,15,20H,6,11,14,16H2,1H3/b13-12+. The second kappa shape index (κ2) is 9.03. The van der Waals surface area contributed by atoms with Crippen molar-refractivity contribution in [3.63, 3.8) is 0 Å². The first-order valence-corrected chi connectivity index (χ1v) is 9.00. The zero-order valence-corrected chi connectivity index (χ0v) is 15.3. The topological polar surface area (TPSA) is 55.8 Å².